The van der Waals surface area contributed by atoms with Crippen LogP contribution in [-0.2, 0) is 16.0 Å². The first-order valence-corrected chi connectivity index (χ1v) is 10.9. The van der Waals surface area contributed by atoms with Crippen LogP contribution in [0.5, 0.6) is 0 Å². The van der Waals surface area contributed by atoms with Gasteiger partial charge in [0.05, 0.1) is 10.9 Å². The van der Waals surface area contributed by atoms with Crippen molar-refractivity contribution in [2.24, 2.45) is 0 Å². The van der Waals surface area contributed by atoms with Crippen molar-refractivity contribution in [3.8, 4) is 0 Å². The molecule has 160 valence electrons. The van der Waals surface area contributed by atoms with Crippen molar-refractivity contribution in [3.63, 3.8) is 0 Å². The highest BCUT2D eigenvalue weighted by Gasteiger charge is 2.34. The lowest BCUT2D eigenvalue weighted by Crippen LogP contribution is -2.18. The van der Waals surface area contributed by atoms with E-state index >= 15 is 0 Å². The van der Waals surface area contributed by atoms with Crippen LogP contribution in [0, 0.1) is 0 Å². The fourth-order valence-corrected chi connectivity index (χ4v) is 3.81. The molecule has 0 saturated carbocycles. The summed E-state index contributed by atoms with van der Waals surface area (Å²) in [6.07, 6.45) is -2.48. The first-order valence-electron chi connectivity index (χ1n) is 9.02. The smallest absolute Gasteiger partial charge is 0.359 e. The third kappa shape index (κ3) is 4.36. The van der Waals surface area contributed by atoms with Crippen molar-refractivity contribution in [1.82, 2.24) is 19.6 Å². The zero-order chi connectivity index (χ0) is 22.2. The summed E-state index contributed by atoms with van der Waals surface area (Å²) in [6, 6.07) is 15.4. The lowest BCUT2D eigenvalue weighted by atomic mass is 9.98. The lowest BCUT2D eigenvalue weighted by Gasteiger charge is -2.22. The van der Waals surface area contributed by atoms with E-state index in [1.54, 1.807) is 42.5 Å². The number of rotatable bonds is 5. The topological polar surface area (TPSA) is 89.2 Å². The Morgan fingerprint density at radius 3 is 2.39 bits per heavy atom. The van der Waals surface area contributed by atoms with Gasteiger partial charge < -0.3 is 5.32 Å². The summed E-state index contributed by atoms with van der Waals surface area (Å²) in [6.45, 7) is 0. The molecular weight excluding hydrogens is 431 g/mol. The molecule has 1 N–H and O–H groups in total. The van der Waals surface area contributed by atoms with E-state index in [4.69, 9.17) is 0 Å². The van der Waals surface area contributed by atoms with E-state index in [9.17, 15) is 21.6 Å². The molecule has 2 aromatic heterocycles. The molecule has 2 aromatic carbocycles. The minimum absolute atomic E-state index is 0.00781. The number of halogens is 3. The molecule has 4 rings (SSSR count). The summed E-state index contributed by atoms with van der Waals surface area (Å²) >= 11 is 0. The first-order chi connectivity index (χ1) is 14.6. The van der Waals surface area contributed by atoms with Gasteiger partial charge in [0.1, 0.15) is 12.1 Å². The molecule has 0 aliphatic rings. The Morgan fingerprint density at radius 1 is 1.00 bits per heavy atom. The number of aromatic nitrogens is 4. The Hall–Kier alpha value is -3.47. The van der Waals surface area contributed by atoms with Gasteiger partial charge in [-0.15, -0.1) is 0 Å². The second-order valence-corrected chi connectivity index (χ2v) is 8.84. The van der Waals surface area contributed by atoms with Crippen molar-refractivity contribution < 1.29 is 21.6 Å². The maximum Gasteiger partial charge on any atom is 0.433 e. The molecule has 0 radical (unpaired) electrons. The van der Waals surface area contributed by atoms with Crippen molar-refractivity contribution in [1.29, 1.82) is 0 Å². The Morgan fingerprint density at radius 2 is 1.71 bits per heavy atom. The highest BCUT2D eigenvalue weighted by molar-refractivity contribution is 7.90. The Balaban J connectivity index is 1.87. The van der Waals surface area contributed by atoms with Crippen LogP contribution < -0.4 is 5.32 Å². The van der Waals surface area contributed by atoms with Gasteiger partial charge in [-0.1, -0.05) is 42.5 Å². The molecule has 0 bridgehead atoms. The van der Waals surface area contributed by atoms with Gasteiger partial charge in [-0.3, -0.25) is 0 Å². The van der Waals surface area contributed by atoms with Crippen molar-refractivity contribution in [2.45, 2.75) is 17.1 Å². The number of sulfone groups is 1. The van der Waals surface area contributed by atoms with Crippen molar-refractivity contribution >= 4 is 21.4 Å². The van der Waals surface area contributed by atoms with E-state index in [1.165, 1.54) is 12.1 Å². The summed E-state index contributed by atoms with van der Waals surface area (Å²) in [7, 11) is -3.48. The Bertz CT molecular complexity index is 1340. The summed E-state index contributed by atoms with van der Waals surface area (Å²) in [5.41, 5.74) is 0.145. The maximum absolute atomic E-state index is 13.4. The number of alkyl halides is 3. The molecule has 0 fully saturated rings. The van der Waals surface area contributed by atoms with E-state index in [2.05, 4.69) is 20.4 Å². The Labute approximate surface area is 175 Å². The van der Waals surface area contributed by atoms with Crippen LogP contribution in [0.15, 0.2) is 71.9 Å². The third-order valence-corrected chi connectivity index (χ3v) is 5.70. The van der Waals surface area contributed by atoms with Crippen molar-refractivity contribution in [3.05, 3.63) is 83.8 Å². The SMILES string of the molecule is CS(=O)(=O)c1cccc(C(Nc2cc(C(F)(F)F)nc3ncnn23)c2ccccc2)c1. The predicted molar refractivity (Wildman–Crippen MR) is 107 cm³/mol. The number of benzene rings is 2. The number of nitrogens with one attached hydrogen (secondary N) is 1. The summed E-state index contributed by atoms with van der Waals surface area (Å²) in [5, 5.41) is 7.01. The minimum atomic E-state index is -4.68. The van der Waals surface area contributed by atoms with Crippen LogP contribution in [0.4, 0.5) is 19.0 Å². The number of nitrogens with zero attached hydrogens (tertiary/aromatic N) is 4. The van der Waals surface area contributed by atoms with E-state index < -0.39 is 27.7 Å². The highest BCUT2D eigenvalue weighted by Crippen LogP contribution is 2.32. The van der Waals surface area contributed by atoms with Gasteiger partial charge in [0, 0.05) is 12.3 Å². The van der Waals surface area contributed by atoms with Gasteiger partial charge in [0.2, 0.25) is 0 Å². The Kier molecular flexibility index (Phi) is 5.13. The molecule has 0 aliphatic heterocycles. The lowest BCUT2D eigenvalue weighted by molar-refractivity contribution is -0.141. The fraction of sp³-hybridized carbons (Fsp3) is 0.150. The highest BCUT2D eigenvalue weighted by atomic mass is 32.2. The van der Waals surface area contributed by atoms with Crippen LogP contribution in [0.25, 0.3) is 5.78 Å². The van der Waals surface area contributed by atoms with Gasteiger partial charge in [-0.2, -0.15) is 27.8 Å². The summed E-state index contributed by atoms with van der Waals surface area (Å²) in [5.74, 6) is -0.206. The second kappa shape index (κ2) is 7.65. The molecule has 31 heavy (non-hydrogen) atoms. The van der Waals surface area contributed by atoms with Gasteiger partial charge in [-0.05, 0) is 23.3 Å². The number of fused-ring (bicyclic) bond motifs is 1. The molecule has 0 aliphatic carbocycles. The normalized spacial score (nSPS) is 13.3. The molecule has 0 spiro atoms. The molecule has 0 saturated heterocycles. The molecule has 2 heterocycles. The summed E-state index contributed by atoms with van der Waals surface area (Å²) < 4.78 is 65.3. The monoisotopic (exact) mass is 447 g/mol. The standard InChI is InChI=1S/C20H16F3N5O2S/c1-31(29,30)15-9-5-8-14(10-15)18(13-6-3-2-4-7-13)27-17-11-16(20(21,22)23)26-19-24-12-25-28(17)19/h2-12,18,27H,1H3. The predicted octanol–water partition coefficient (Wildman–Crippen LogP) is 3.75. The van der Waals surface area contributed by atoms with Crippen LogP contribution >= 0.6 is 0 Å². The quantitative estimate of drug-likeness (QED) is 0.501. The van der Waals surface area contributed by atoms with Gasteiger partial charge >= 0.3 is 6.18 Å². The van der Waals surface area contributed by atoms with Crippen LogP contribution in [-0.4, -0.2) is 34.3 Å². The average Bonchev–Trinajstić information content (AvgIpc) is 3.20. The molecule has 7 nitrogen and oxygen atoms in total. The van der Waals surface area contributed by atoms with Crippen LogP contribution in [0.2, 0.25) is 0 Å². The average molecular weight is 447 g/mol. The molecular formula is C20H16F3N5O2S. The maximum atomic E-state index is 13.4. The molecule has 11 heteroatoms. The van der Waals surface area contributed by atoms with Crippen LogP contribution in [0.3, 0.4) is 0 Å². The second-order valence-electron chi connectivity index (χ2n) is 6.83. The van der Waals surface area contributed by atoms with Crippen LogP contribution in [0.1, 0.15) is 22.9 Å². The van der Waals surface area contributed by atoms with E-state index in [-0.39, 0.29) is 16.5 Å². The third-order valence-electron chi connectivity index (χ3n) is 4.59. The van der Waals surface area contributed by atoms with Gasteiger partial charge in [0.25, 0.3) is 5.78 Å². The first kappa shape index (κ1) is 20.8. The van der Waals surface area contributed by atoms with Crippen molar-refractivity contribution in [2.75, 3.05) is 11.6 Å². The molecule has 1 unspecified atom stereocenters. The van der Waals surface area contributed by atoms with E-state index in [0.29, 0.717) is 11.1 Å². The largest absolute Gasteiger partial charge is 0.433 e. The van der Waals surface area contributed by atoms with Gasteiger partial charge in [-0.25, -0.2) is 13.4 Å². The minimum Gasteiger partial charge on any atom is -0.359 e. The zero-order valence-corrected chi connectivity index (χ0v) is 16.9. The molecule has 4 aromatic rings. The van der Waals surface area contributed by atoms with E-state index in [1.807, 2.05) is 0 Å². The fourth-order valence-electron chi connectivity index (χ4n) is 3.14. The molecule has 0 amide bonds. The number of anilines is 1. The number of hydrogen-bond donors (Lipinski definition) is 1. The number of hydrogen-bond acceptors (Lipinski definition) is 6. The summed E-state index contributed by atoms with van der Waals surface area (Å²) in [4.78, 5) is 7.39. The van der Waals surface area contributed by atoms with Gasteiger partial charge in [0.15, 0.2) is 15.5 Å². The van der Waals surface area contributed by atoms with E-state index in [0.717, 1.165) is 23.2 Å². The zero-order valence-electron chi connectivity index (χ0n) is 16.1. The molecule has 1 atom stereocenters.